The van der Waals surface area contributed by atoms with Gasteiger partial charge in [-0.05, 0) is 33.1 Å². The number of guanidine groups is 1. The van der Waals surface area contributed by atoms with Gasteiger partial charge in [0, 0.05) is 52.9 Å². The molecular weight excluding hydrogens is 380 g/mol. The summed E-state index contributed by atoms with van der Waals surface area (Å²) in [5.41, 5.74) is 0. The maximum Gasteiger partial charge on any atom is 0.239 e. The SMILES string of the molecule is CCCCNC(=NCc1nnc(C)n1C)N1CCN(C(C)C(=O)N2CCCC2)CC1. The lowest BCUT2D eigenvalue weighted by atomic mass is 10.2. The molecule has 9 heteroatoms. The van der Waals surface area contributed by atoms with Crippen LogP contribution in [0.15, 0.2) is 4.99 Å². The highest BCUT2D eigenvalue weighted by atomic mass is 16.2. The topological polar surface area (TPSA) is 81.9 Å². The van der Waals surface area contributed by atoms with E-state index in [2.05, 4.69) is 39.2 Å². The zero-order chi connectivity index (χ0) is 21.5. The number of aryl methyl sites for hydroxylation is 1. The van der Waals surface area contributed by atoms with E-state index in [1.807, 2.05) is 23.4 Å². The first-order valence-electron chi connectivity index (χ1n) is 11.4. The third-order valence-corrected chi connectivity index (χ3v) is 6.30. The number of carbonyl (C=O) groups excluding carboxylic acids is 1. The second-order valence-corrected chi connectivity index (χ2v) is 8.37. The molecule has 30 heavy (non-hydrogen) atoms. The fourth-order valence-electron chi connectivity index (χ4n) is 4.06. The molecule has 2 saturated heterocycles. The van der Waals surface area contributed by atoms with Crippen molar-refractivity contribution >= 4 is 11.9 Å². The number of aliphatic imine (C=N–C) groups is 1. The molecule has 1 atom stereocenters. The smallest absolute Gasteiger partial charge is 0.239 e. The second kappa shape index (κ2) is 10.7. The third kappa shape index (κ3) is 5.50. The number of hydrogen-bond donors (Lipinski definition) is 1. The molecule has 1 amide bonds. The Morgan fingerprint density at radius 2 is 1.80 bits per heavy atom. The number of amides is 1. The number of aromatic nitrogens is 3. The van der Waals surface area contributed by atoms with Gasteiger partial charge in [0.2, 0.25) is 5.91 Å². The third-order valence-electron chi connectivity index (χ3n) is 6.30. The van der Waals surface area contributed by atoms with Crippen LogP contribution in [0.4, 0.5) is 0 Å². The minimum atomic E-state index is -0.0414. The predicted octanol–water partition coefficient (Wildman–Crippen LogP) is 0.998. The van der Waals surface area contributed by atoms with E-state index in [-0.39, 0.29) is 11.9 Å². The van der Waals surface area contributed by atoms with Gasteiger partial charge in [-0.3, -0.25) is 9.69 Å². The molecule has 0 aliphatic carbocycles. The molecule has 1 aromatic heterocycles. The van der Waals surface area contributed by atoms with Gasteiger partial charge in [0.1, 0.15) is 12.4 Å². The van der Waals surface area contributed by atoms with Gasteiger partial charge in [0.25, 0.3) is 0 Å². The highest BCUT2D eigenvalue weighted by molar-refractivity contribution is 5.82. The van der Waals surface area contributed by atoms with Crippen molar-refractivity contribution in [2.45, 2.75) is 59.0 Å². The lowest BCUT2D eigenvalue weighted by molar-refractivity contribution is -0.135. The Balaban J connectivity index is 1.58. The maximum atomic E-state index is 12.7. The predicted molar refractivity (Wildman–Crippen MR) is 118 cm³/mol. The average molecular weight is 419 g/mol. The summed E-state index contributed by atoms with van der Waals surface area (Å²) in [6.07, 6.45) is 4.54. The molecule has 9 nitrogen and oxygen atoms in total. The Labute approximate surface area is 180 Å². The number of rotatable bonds is 7. The van der Waals surface area contributed by atoms with Crippen LogP contribution in [-0.4, -0.2) is 93.2 Å². The molecule has 1 unspecified atom stereocenters. The van der Waals surface area contributed by atoms with Crippen molar-refractivity contribution in [1.82, 2.24) is 34.8 Å². The van der Waals surface area contributed by atoms with Crippen LogP contribution in [0.3, 0.4) is 0 Å². The van der Waals surface area contributed by atoms with Crippen LogP contribution >= 0.6 is 0 Å². The second-order valence-electron chi connectivity index (χ2n) is 8.37. The standard InChI is InChI=1S/C21H38N8O/c1-5-6-9-22-21(23-16-19-25-24-18(3)26(19)4)29-14-12-27(13-15-29)17(2)20(30)28-10-7-8-11-28/h17H,5-16H2,1-4H3,(H,22,23). The Morgan fingerprint density at radius 3 is 2.40 bits per heavy atom. The van der Waals surface area contributed by atoms with Crippen LogP contribution in [0.1, 0.15) is 51.2 Å². The zero-order valence-corrected chi connectivity index (χ0v) is 19.1. The number of hydrogen-bond acceptors (Lipinski definition) is 5. The molecule has 0 bridgehead atoms. The number of nitrogens with one attached hydrogen (secondary N) is 1. The van der Waals surface area contributed by atoms with E-state index in [1.54, 1.807) is 0 Å². The van der Waals surface area contributed by atoms with Crippen LogP contribution in [0.25, 0.3) is 0 Å². The van der Waals surface area contributed by atoms with Gasteiger partial charge in [-0.15, -0.1) is 10.2 Å². The van der Waals surface area contributed by atoms with Crippen molar-refractivity contribution in [3.8, 4) is 0 Å². The quantitative estimate of drug-likeness (QED) is 0.404. The summed E-state index contributed by atoms with van der Waals surface area (Å²) in [5, 5.41) is 11.9. The summed E-state index contributed by atoms with van der Waals surface area (Å²) in [6.45, 7) is 12.9. The molecular formula is C21H38N8O. The Hall–Kier alpha value is -2.16. The van der Waals surface area contributed by atoms with Gasteiger partial charge in [0.15, 0.2) is 11.8 Å². The van der Waals surface area contributed by atoms with Gasteiger partial charge in [-0.25, -0.2) is 4.99 Å². The summed E-state index contributed by atoms with van der Waals surface area (Å²) in [6, 6.07) is -0.0414. The summed E-state index contributed by atoms with van der Waals surface area (Å²) in [4.78, 5) is 24.2. The number of nitrogens with zero attached hydrogens (tertiary/aromatic N) is 7. The van der Waals surface area contributed by atoms with Crippen molar-refractivity contribution in [2.24, 2.45) is 12.0 Å². The first-order valence-corrected chi connectivity index (χ1v) is 11.4. The Bertz CT molecular complexity index is 717. The summed E-state index contributed by atoms with van der Waals surface area (Å²) < 4.78 is 1.98. The van der Waals surface area contributed by atoms with Crippen LogP contribution < -0.4 is 5.32 Å². The van der Waals surface area contributed by atoms with Gasteiger partial charge >= 0.3 is 0 Å². The Morgan fingerprint density at radius 1 is 1.10 bits per heavy atom. The van der Waals surface area contributed by atoms with E-state index in [0.717, 1.165) is 89.1 Å². The molecule has 0 spiro atoms. The highest BCUT2D eigenvalue weighted by Crippen LogP contribution is 2.14. The van der Waals surface area contributed by atoms with Gasteiger partial charge in [-0.1, -0.05) is 13.3 Å². The van der Waals surface area contributed by atoms with Crippen LogP contribution in [0.2, 0.25) is 0 Å². The fraction of sp³-hybridized carbons (Fsp3) is 0.810. The highest BCUT2D eigenvalue weighted by Gasteiger charge is 2.30. The minimum Gasteiger partial charge on any atom is -0.356 e. The zero-order valence-electron chi connectivity index (χ0n) is 19.1. The number of likely N-dealkylation sites (tertiary alicyclic amines) is 1. The molecule has 2 aliphatic rings. The van der Waals surface area contributed by atoms with Crippen molar-refractivity contribution in [3.63, 3.8) is 0 Å². The molecule has 3 heterocycles. The van der Waals surface area contributed by atoms with Crippen LogP contribution in [-0.2, 0) is 18.4 Å². The van der Waals surface area contributed by atoms with E-state index in [1.165, 1.54) is 0 Å². The monoisotopic (exact) mass is 418 g/mol. The van der Waals surface area contributed by atoms with Gasteiger partial charge in [-0.2, -0.15) is 0 Å². The summed E-state index contributed by atoms with van der Waals surface area (Å²) in [7, 11) is 1.97. The maximum absolute atomic E-state index is 12.7. The molecule has 1 aromatic rings. The van der Waals surface area contributed by atoms with E-state index < -0.39 is 0 Å². The normalized spacial score (nSPS) is 19.4. The molecule has 168 valence electrons. The van der Waals surface area contributed by atoms with Crippen LogP contribution in [0.5, 0.6) is 0 Å². The van der Waals surface area contributed by atoms with Gasteiger partial charge < -0.3 is 19.7 Å². The van der Waals surface area contributed by atoms with E-state index in [0.29, 0.717) is 6.54 Å². The number of unbranched alkanes of at least 4 members (excludes halogenated alkanes) is 1. The molecule has 0 radical (unpaired) electrons. The van der Waals surface area contributed by atoms with Crippen LogP contribution in [0, 0.1) is 6.92 Å². The first kappa shape index (κ1) is 22.5. The van der Waals surface area contributed by atoms with Crippen molar-refractivity contribution in [1.29, 1.82) is 0 Å². The number of carbonyl (C=O) groups is 1. The number of piperazine rings is 1. The molecule has 2 aliphatic heterocycles. The lowest BCUT2D eigenvalue weighted by Crippen LogP contribution is -2.57. The largest absolute Gasteiger partial charge is 0.356 e. The van der Waals surface area contributed by atoms with E-state index in [4.69, 9.17) is 4.99 Å². The van der Waals surface area contributed by atoms with Crippen molar-refractivity contribution in [3.05, 3.63) is 11.6 Å². The van der Waals surface area contributed by atoms with Crippen molar-refractivity contribution in [2.75, 3.05) is 45.8 Å². The van der Waals surface area contributed by atoms with Crippen molar-refractivity contribution < 1.29 is 4.79 Å². The Kier molecular flexibility index (Phi) is 8.07. The molecule has 2 fully saturated rings. The molecule has 1 N–H and O–H groups in total. The molecule has 0 aromatic carbocycles. The lowest BCUT2D eigenvalue weighted by Gasteiger charge is -2.39. The van der Waals surface area contributed by atoms with Gasteiger partial charge in [0.05, 0.1) is 6.04 Å². The minimum absolute atomic E-state index is 0.0414. The van der Waals surface area contributed by atoms with E-state index >= 15 is 0 Å². The fourth-order valence-corrected chi connectivity index (χ4v) is 4.06. The molecule has 3 rings (SSSR count). The summed E-state index contributed by atoms with van der Waals surface area (Å²) >= 11 is 0. The van der Waals surface area contributed by atoms with E-state index in [9.17, 15) is 4.79 Å². The summed E-state index contributed by atoms with van der Waals surface area (Å²) in [5.74, 6) is 2.98. The first-order chi connectivity index (χ1) is 14.5. The molecule has 0 saturated carbocycles. The average Bonchev–Trinajstić information content (AvgIpc) is 3.41.